The Kier molecular flexibility index (Phi) is 8.14. The molecule has 0 heterocycles. The van der Waals surface area contributed by atoms with Gasteiger partial charge in [-0.15, -0.1) is 0 Å². The first kappa shape index (κ1) is 21.6. The molecule has 0 fully saturated rings. The number of benzene rings is 2. The first-order valence-electron chi connectivity index (χ1n) is 9.23. The van der Waals surface area contributed by atoms with Crippen LogP contribution in [0.25, 0.3) is 0 Å². The summed E-state index contributed by atoms with van der Waals surface area (Å²) >= 11 is 5.21. The summed E-state index contributed by atoms with van der Waals surface area (Å²) in [7, 11) is 0. The molecule has 0 radical (unpaired) electrons. The summed E-state index contributed by atoms with van der Waals surface area (Å²) in [5.74, 6) is -0.713. The van der Waals surface area contributed by atoms with E-state index < -0.39 is 5.97 Å². The van der Waals surface area contributed by atoms with E-state index in [2.05, 4.69) is 10.6 Å². The highest BCUT2D eigenvalue weighted by Crippen LogP contribution is 2.21. The fourth-order valence-corrected chi connectivity index (χ4v) is 3.14. The molecule has 0 saturated heterocycles. The summed E-state index contributed by atoms with van der Waals surface area (Å²) in [6.07, 6.45) is 0.700. The second-order valence-corrected chi connectivity index (χ2v) is 7.14. The molecule has 2 aromatic rings. The number of thiocarbonyl (C=S) groups is 1. The number of carbonyl (C=O) groups excluding carboxylic acids is 2. The molecule has 2 rings (SSSR count). The van der Waals surface area contributed by atoms with Crippen molar-refractivity contribution in [2.75, 3.05) is 11.9 Å². The van der Waals surface area contributed by atoms with E-state index >= 15 is 0 Å². The largest absolute Gasteiger partial charge is 0.465 e. The topological polar surface area (TPSA) is 67.4 Å². The Morgan fingerprint density at radius 3 is 2.29 bits per heavy atom. The highest BCUT2D eigenvalue weighted by molar-refractivity contribution is 7.80. The molecule has 6 heteroatoms. The van der Waals surface area contributed by atoms with Crippen LogP contribution in [0.4, 0.5) is 5.69 Å². The number of hydrogen-bond donors (Lipinski definition) is 2. The Bertz CT molecular complexity index is 827. The number of carbonyl (C=O) groups is 2. The molecule has 28 heavy (non-hydrogen) atoms. The molecule has 0 aromatic heterocycles. The van der Waals surface area contributed by atoms with Crippen LogP contribution in [0.2, 0.25) is 0 Å². The first-order valence-corrected chi connectivity index (χ1v) is 9.64. The van der Waals surface area contributed by atoms with E-state index in [1.54, 1.807) is 0 Å². The quantitative estimate of drug-likeness (QED) is 0.545. The monoisotopic (exact) mass is 398 g/mol. The summed E-state index contributed by atoms with van der Waals surface area (Å²) in [5, 5.41) is 5.89. The summed E-state index contributed by atoms with van der Waals surface area (Å²) < 4.78 is 5.17. The van der Waals surface area contributed by atoms with Crippen LogP contribution >= 0.6 is 12.2 Å². The maximum Gasteiger partial charge on any atom is 0.306 e. The molecular weight excluding hydrogens is 372 g/mol. The van der Waals surface area contributed by atoms with Gasteiger partial charge < -0.3 is 15.4 Å². The molecular formula is C22H26N2O3S. The highest BCUT2D eigenvalue weighted by Gasteiger charge is 2.11. The van der Waals surface area contributed by atoms with Crippen LogP contribution in [0, 0.1) is 20.8 Å². The lowest BCUT2D eigenvalue weighted by Gasteiger charge is -2.15. The minimum Gasteiger partial charge on any atom is -0.465 e. The van der Waals surface area contributed by atoms with Gasteiger partial charge in [-0.05, 0) is 49.7 Å². The molecule has 0 aliphatic rings. The predicted octanol–water partition coefficient (Wildman–Crippen LogP) is 3.99. The lowest BCUT2D eigenvalue weighted by atomic mass is 10.1. The maximum absolute atomic E-state index is 12.0. The van der Waals surface area contributed by atoms with Gasteiger partial charge in [0.1, 0.15) is 0 Å². The third-order valence-electron chi connectivity index (χ3n) is 4.22. The average molecular weight is 399 g/mol. The fraction of sp³-hybridized carbons (Fsp3) is 0.318. The summed E-state index contributed by atoms with van der Waals surface area (Å²) in [6.45, 7) is 6.30. The third-order valence-corrected chi connectivity index (χ3v) is 4.43. The van der Waals surface area contributed by atoms with Crippen molar-refractivity contribution in [3.05, 3.63) is 64.7 Å². The zero-order valence-corrected chi connectivity index (χ0v) is 17.3. The SMILES string of the molecule is Cc1cc(C)c(NC(=S)NC(=O)CCC(=O)OCCc2ccccc2)c(C)c1. The molecule has 148 valence electrons. The third kappa shape index (κ3) is 7.12. The molecule has 1 amide bonds. The van der Waals surface area contributed by atoms with E-state index in [1.165, 1.54) is 5.56 Å². The minimum atomic E-state index is -0.393. The van der Waals surface area contributed by atoms with Crippen molar-refractivity contribution >= 4 is 34.9 Å². The van der Waals surface area contributed by atoms with Gasteiger partial charge in [0.05, 0.1) is 13.0 Å². The van der Waals surface area contributed by atoms with Crippen LogP contribution in [0.15, 0.2) is 42.5 Å². The summed E-state index contributed by atoms with van der Waals surface area (Å²) in [4.78, 5) is 23.8. The summed E-state index contributed by atoms with van der Waals surface area (Å²) in [5.41, 5.74) is 5.26. The predicted molar refractivity (Wildman–Crippen MR) is 115 cm³/mol. The van der Waals surface area contributed by atoms with Crippen LogP contribution in [-0.2, 0) is 20.7 Å². The molecule has 5 nitrogen and oxygen atoms in total. The molecule has 0 saturated carbocycles. The minimum absolute atomic E-state index is 0.0197. The van der Waals surface area contributed by atoms with Gasteiger partial charge >= 0.3 is 5.97 Å². The van der Waals surface area contributed by atoms with Crippen LogP contribution in [-0.4, -0.2) is 23.6 Å². The van der Waals surface area contributed by atoms with Crippen LogP contribution in [0.1, 0.15) is 35.1 Å². The van der Waals surface area contributed by atoms with Crippen molar-refractivity contribution < 1.29 is 14.3 Å². The molecule has 0 unspecified atom stereocenters. The number of esters is 1. The van der Waals surface area contributed by atoms with Gasteiger partial charge in [-0.3, -0.25) is 9.59 Å². The van der Waals surface area contributed by atoms with E-state index in [0.717, 1.165) is 22.4 Å². The van der Waals surface area contributed by atoms with E-state index in [0.29, 0.717) is 13.0 Å². The number of ether oxygens (including phenoxy) is 1. The van der Waals surface area contributed by atoms with Gasteiger partial charge in [-0.2, -0.15) is 0 Å². The second kappa shape index (κ2) is 10.6. The van der Waals surface area contributed by atoms with Crippen molar-refractivity contribution in [1.29, 1.82) is 0 Å². The van der Waals surface area contributed by atoms with Gasteiger partial charge in [0.25, 0.3) is 0 Å². The van der Waals surface area contributed by atoms with Crippen molar-refractivity contribution in [1.82, 2.24) is 5.32 Å². The van der Waals surface area contributed by atoms with Gasteiger partial charge in [0, 0.05) is 18.5 Å². The van der Waals surface area contributed by atoms with Crippen LogP contribution in [0.5, 0.6) is 0 Å². The van der Waals surface area contributed by atoms with Gasteiger partial charge in [-0.25, -0.2) is 0 Å². The highest BCUT2D eigenvalue weighted by atomic mass is 32.1. The molecule has 0 atom stereocenters. The van der Waals surface area contributed by atoms with Crippen LogP contribution < -0.4 is 10.6 Å². The van der Waals surface area contributed by atoms with Crippen molar-refractivity contribution in [3.8, 4) is 0 Å². The van der Waals surface area contributed by atoms with E-state index in [1.807, 2.05) is 63.2 Å². The molecule has 2 aromatic carbocycles. The number of rotatable bonds is 7. The van der Waals surface area contributed by atoms with E-state index in [-0.39, 0.29) is 23.9 Å². The average Bonchev–Trinajstić information content (AvgIpc) is 2.64. The summed E-state index contributed by atoms with van der Waals surface area (Å²) in [6, 6.07) is 13.9. The van der Waals surface area contributed by atoms with Crippen molar-refractivity contribution in [2.24, 2.45) is 0 Å². The lowest BCUT2D eigenvalue weighted by molar-refractivity contribution is -0.144. The smallest absolute Gasteiger partial charge is 0.306 e. The standard InChI is InChI=1S/C22H26N2O3S/c1-15-13-16(2)21(17(3)14-15)24-22(28)23-19(25)9-10-20(26)27-12-11-18-7-5-4-6-8-18/h4-8,13-14H,9-12H2,1-3H3,(H2,23,24,25,28). The van der Waals surface area contributed by atoms with Crippen molar-refractivity contribution in [3.63, 3.8) is 0 Å². The number of amides is 1. The number of anilines is 1. The molecule has 0 aliphatic heterocycles. The normalized spacial score (nSPS) is 10.2. The molecule has 0 aliphatic carbocycles. The zero-order valence-electron chi connectivity index (χ0n) is 16.5. The van der Waals surface area contributed by atoms with Gasteiger partial charge in [0.15, 0.2) is 5.11 Å². The number of hydrogen-bond acceptors (Lipinski definition) is 4. The Hall–Kier alpha value is -2.73. The maximum atomic E-state index is 12.0. The van der Waals surface area contributed by atoms with Crippen molar-refractivity contribution in [2.45, 2.75) is 40.0 Å². The first-order chi connectivity index (χ1) is 13.3. The second-order valence-electron chi connectivity index (χ2n) is 6.73. The molecule has 0 spiro atoms. The Morgan fingerprint density at radius 2 is 1.64 bits per heavy atom. The van der Waals surface area contributed by atoms with Crippen LogP contribution in [0.3, 0.4) is 0 Å². The Morgan fingerprint density at radius 1 is 1.00 bits per heavy atom. The molecule has 0 bridgehead atoms. The number of aryl methyl sites for hydroxylation is 3. The van der Waals surface area contributed by atoms with Gasteiger partial charge in [0.2, 0.25) is 5.91 Å². The zero-order chi connectivity index (χ0) is 20.5. The molecule has 2 N–H and O–H groups in total. The van der Waals surface area contributed by atoms with E-state index in [9.17, 15) is 9.59 Å². The van der Waals surface area contributed by atoms with E-state index in [4.69, 9.17) is 17.0 Å². The Balaban J connectivity index is 1.70. The fourth-order valence-electron chi connectivity index (χ4n) is 2.93. The van der Waals surface area contributed by atoms with Gasteiger partial charge in [-0.1, -0.05) is 48.0 Å². The Labute approximate surface area is 171 Å². The number of nitrogens with one attached hydrogen (secondary N) is 2. The lowest BCUT2D eigenvalue weighted by Crippen LogP contribution is -2.34.